The first-order valence-corrected chi connectivity index (χ1v) is 6.68. The van der Waals surface area contributed by atoms with Gasteiger partial charge in [0, 0.05) is 11.1 Å². The van der Waals surface area contributed by atoms with E-state index in [0.717, 1.165) is 5.56 Å². The molecule has 3 N–H and O–H groups in total. The molecule has 22 heavy (non-hydrogen) atoms. The lowest BCUT2D eigenvalue weighted by molar-refractivity contribution is -0.115. The summed E-state index contributed by atoms with van der Waals surface area (Å²) in [4.78, 5) is 23.1. The second-order valence-corrected chi connectivity index (χ2v) is 4.85. The van der Waals surface area contributed by atoms with E-state index in [2.05, 4.69) is 15.5 Å². The summed E-state index contributed by atoms with van der Waals surface area (Å²) in [6.45, 7) is 0. The highest BCUT2D eigenvalue weighted by Gasteiger charge is 2.13. The summed E-state index contributed by atoms with van der Waals surface area (Å²) < 4.78 is 0. The number of aromatic amines is 1. The molecule has 6 heteroatoms. The number of amides is 1. The number of H-pyrrole nitrogens is 1. The van der Waals surface area contributed by atoms with E-state index in [9.17, 15) is 9.59 Å². The van der Waals surface area contributed by atoms with E-state index in [-0.39, 0.29) is 18.0 Å². The molecule has 0 fully saturated rings. The average Bonchev–Trinajstić information content (AvgIpc) is 2.91. The van der Waals surface area contributed by atoms with E-state index in [1.165, 1.54) is 0 Å². The first kappa shape index (κ1) is 13.8. The van der Waals surface area contributed by atoms with Crippen molar-refractivity contribution in [1.82, 2.24) is 10.2 Å². The van der Waals surface area contributed by atoms with Gasteiger partial charge >= 0.3 is 5.97 Å². The maximum Gasteiger partial charge on any atom is 0.357 e. The molecule has 0 bridgehead atoms. The van der Waals surface area contributed by atoms with Gasteiger partial charge in [-0.1, -0.05) is 30.3 Å². The molecule has 0 saturated heterocycles. The van der Waals surface area contributed by atoms with Gasteiger partial charge in [0.1, 0.15) is 0 Å². The van der Waals surface area contributed by atoms with Crippen molar-refractivity contribution in [2.45, 2.75) is 6.42 Å². The third-order valence-corrected chi connectivity index (χ3v) is 3.26. The van der Waals surface area contributed by atoms with Crippen molar-refractivity contribution in [3.05, 3.63) is 59.8 Å². The molecular weight excluding hydrogens is 282 g/mol. The molecule has 3 rings (SSSR count). The number of anilines is 1. The van der Waals surface area contributed by atoms with Gasteiger partial charge in [0.2, 0.25) is 5.91 Å². The number of aromatic carboxylic acids is 1. The Balaban J connectivity index is 1.80. The summed E-state index contributed by atoms with van der Waals surface area (Å²) in [5.41, 5.74) is 2.00. The van der Waals surface area contributed by atoms with Crippen LogP contribution < -0.4 is 5.32 Å². The molecule has 0 aliphatic carbocycles. The number of carbonyl (C=O) groups is 2. The zero-order valence-electron chi connectivity index (χ0n) is 11.5. The van der Waals surface area contributed by atoms with Crippen molar-refractivity contribution < 1.29 is 14.7 Å². The minimum Gasteiger partial charge on any atom is -0.476 e. The Labute approximate surface area is 125 Å². The zero-order chi connectivity index (χ0) is 15.5. The Morgan fingerprint density at radius 3 is 2.64 bits per heavy atom. The quantitative estimate of drug-likeness (QED) is 0.689. The maximum atomic E-state index is 12.0. The third kappa shape index (κ3) is 2.80. The van der Waals surface area contributed by atoms with Crippen LogP contribution in [0.2, 0.25) is 0 Å². The number of carbonyl (C=O) groups excluding carboxylic acids is 1. The fourth-order valence-corrected chi connectivity index (χ4v) is 2.24. The number of carboxylic acids is 1. The van der Waals surface area contributed by atoms with E-state index in [0.29, 0.717) is 16.6 Å². The standard InChI is InChI=1S/C16H13N3O3/c20-14(8-10-4-2-1-3-5-10)17-11-6-7-13-12(9-11)15(16(21)22)19-18-13/h1-7,9H,8H2,(H,17,20)(H,18,19)(H,21,22). The Morgan fingerprint density at radius 2 is 1.91 bits per heavy atom. The van der Waals surface area contributed by atoms with Crippen molar-refractivity contribution in [3.63, 3.8) is 0 Å². The molecule has 0 aliphatic rings. The highest BCUT2D eigenvalue weighted by atomic mass is 16.4. The number of benzene rings is 2. The Morgan fingerprint density at radius 1 is 1.14 bits per heavy atom. The lowest BCUT2D eigenvalue weighted by Crippen LogP contribution is -2.14. The van der Waals surface area contributed by atoms with Crippen molar-refractivity contribution in [1.29, 1.82) is 0 Å². The fraction of sp³-hybridized carbons (Fsp3) is 0.0625. The van der Waals surface area contributed by atoms with Gasteiger partial charge in [0.25, 0.3) is 0 Å². The minimum absolute atomic E-state index is 0.0610. The number of carboxylic acid groups (broad SMARTS) is 1. The Kier molecular flexibility index (Phi) is 3.57. The monoisotopic (exact) mass is 295 g/mol. The molecule has 0 atom stereocenters. The predicted octanol–water partition coefficient (Wildman–Crippen LogP) is 2.44. The third-order valence-electron chi connectivity index (χ3n) is 3.26. The van der Waals surface area contributed by atoms with Gasteiger partial charge in [-0.3, -0.25) is 9.89 Å². The first-order chi connectivity index (χ1) is 10.6. The minimum atomic E-state index is -1.11. The van der Waals surface area contributed by atoms with Gasteiger partial charge in [-0.15, -0.1) is 0 Å². The molecule has 0 aliphatic heterocycles. The summed E-state index contributed by atoms with van der Waals surface area (Å²) in [7, 11) is 0. The average molecular weight is 295 g/mol. The first-order valence-electron chi connectivity index (χ1n) is 6.68. The molecule has 110 valence electrons. The van der Waals surface area contributed by atoms with Crippen LogP contribution in [0.5, 0.6) is 0 Å². The highest BCUT2D eigenvalue weighted by Crippen LogP contribution is 2.21. The molecule has 1 heterocycles. The highest BCUT2D eigenvalue weighted by molar-refractivity contribution is 6.03. The summed E-state index contributed by atoms with van der Waals surface area (Å²) in [6.07, 6.45) is 0.260. The van der Waals surface area contributed by atoms with Gasteiger partial charge in [0.05, 0.1) is 11.9 Å². The van der Waals surface area contributed by atoms with E-state index >= 15 is 0 Å². The van der Waals surface area contributed by atoms with Crippen LogP contribution in [-0.2, 0) is 11.2 Å². The lowest BCUT2D eigenvalue weighted by Gasteiger charge is -2.05. The molecular formula is C16H13N3O3. The molecule has 1 amide bonds. The number of nitrogens with one attached hydrogen (secondary N) is 2. The molecule has 6 nitrogen and oxygen atoms in total. The summed E-state index contributed by atoms with van der Waals surface area (Å²) in [5, 5.41) is 18.7. The molecule has 0 unspecified atom stereocenters. The summed E-state index contributed by atoms with van der Waals surface area (Å²) >= 11 is 0. The van der Waals surface area contributed by atoms with E-state index < -0.39 is 5.97 Å². The van der Waals surface area contributed by atoms with Crippen LogP contribution in [0, 0.1) is 0 Å². The largest absolute Gasteiger partial charge is 0.476 e. The number of hydrogen-bond donors (Lipinski definition) is 3. The number of rotatable bonds is 4. The number of nitrogens with zero attached hydrogens (tertiary/aromatic N) is 1. The van der Waals surface area contributed by atoms with Crippen LogP contribution in [0.15, 0.2) is 48.5 Å². The second kappa shape index (κ2) is 5.69. The fourth-order valence-electron chi connectivity index (χ4n) is 2.24. The maximum absolute atomic E-state index is 12.0. The van der Waals surface area contributed by atoms with Crippen LogP contribution in [0.25, 0.3) is 10.9 Å². The topological polar surface area (TPSA) is 95.1 Å². The van der Waals surface area contributed by atoms with Crippen LogP contribution in [-0.4, -0.2) is 27.2 Å². The van der Waals surface area contributed by atoms with Crippen molar-refractivity contribution in [2.24, 2.45) is 0 Å². The molecule has 1 aromatic heterocycles. The Bertz CT molecular complexity index is 840. The molecule has 2 aromatic carbocycles. The molecule has 0 radical (unpaired) electrons. The van der Waals surface area contributed by atoms with Crippen LogP contribution in [0.3, 0.4) is 0 Å². The van der Waals surface area contributed by atoms with Gasteiger partial charge in [-0.05, 0) is 23.8 Å². The van der Waals surface area contributed by atoms with E-state index in [4.69, 9.17) is 5.11 Å². The van der Waals surface area contributed by atoms with Gasteiger partial charge < -0.3 is 10.4 Å². The summed E-state index contributed by atoms with van der Waals surface area (Å²) in [5.74, 6) is -1.27. The molecule has 0 spiro atoms. The smallest absolute Gasteiger partial charge is 0.357 e. The van der Waals surface area contributed by atoms with Gasteiger partial charge in [-0.25, -0.2) is 4.79 Å². The predicted molar refractivity (Wildman–Crippen MR) is 81.8 cm³/mol. The van der Waals surface area contributed by atoms with Crippen LogP contribution >= 0.6 is 0 Å². The molecule has 0 saturated carbocycles. The van der Waals surface area contributed by atoms with Gasteiger partial charge in [0.15, 0.2) is 5.69 Å². The zero-order valence-corrected chi connectivity index (χ0v) is 11.5. The van der Waals surface area contributed by atoms with Gasteiger partial charge in [-0.2, -0.15) is 5.10 Å². The van der Waals surface area contributed by atoms with E-state index in [1.54, 1.807) is 18.2 Å². The number of fused-ring (bicyclic) bond motifs is 1. The summed E-state index contributed by atoms with van der Waals surface area (Å²) in [6, 6.07) is 14.4. The van der Waals surface area contributed by atoms with Crippen molar-refractivity contribution in [2.75, 3.05) is 5.32 Å². The SMILES string of the molecule is O=C(Cc1ccccc1)Nc1ccc2[nH]nc(C(=O)O)c2c1. The van der Waals surface area contributed by atoms with E-state index in [1.807, 2.05) is 30.3 Å². The van der Waals surface area contributed by atoms with Crippen molar-refractivity contribution >= 4 is 28.5 Å². The lowest BCUT2D eigenvalue weighted by atomic mass is 10.1. The van der Waals surface area contributed by atoms with Crippen LogP contribution in [0.4, 0.5) is 5.69 Å². The van der Waals surface area contributed by atoms with Crippen LogP contribution in [0.1, 0.15) is 16.1 Å². The molecule has 3 aromatic rings. The number of hydrogen-bond acceptors (Lipinski definition) is 3. The van der Waals surface area contributed by atoms with Crippen molar-refractivity contribution in [3.8, 4) is 0 Å². The normalized spacial score (nSPS) is 10.5. The number of aromatic nitrogens is 2. The Hall–Kier alpha value is -3.15. The second-order valence-electron chi connectivity index (χ2n) is 4.85.